The first-order valence-corrected chi connectivity index (χ1v) is 12.0. The zero-order chi connectivity index (χ0) is 22.6. The van der Waals surface area contributed by atoms with Crippen LogP contribution >= 0.6 is 0 Å². The molecule has 8 nitrogen and oxygen atoms in total. The summed E-state index contributed by atoms with van der Waals surface area (Å²) in [7, 11) is 0. The summed E-state index contributed by atoms with van der Waals surface area (Å²) in [4.78, 5) is 16.6. The minimum atomic E-state index is 0.285. The molecule has 0 atom stereocenters. The van der Waals surface area contributed by atoms with Crippen molar-refractivity contribution in [3.8, 4) is 5.69 Å². The van der Waals surface area contributed by atoms with Crippen LogP contribution in [0, 0.1) is 12.8 Å². The third-order valence-corrected chi connectivity index (χ3v) is 6.92. The van der Waals surface area contributed by atoms with E-state index in [1.54, 1.807) is 12.4 Å². The van der Waals surface area contributed by atoms with E-state index in [-0.39, 0.29) is 6.61 Å². The Bertz CT molecular complexity index is 1040. The lowest BCUT2D eigenvalue weighted by atomic mass is 9.98. The van der Waals surface area contributed by atoms with Crippen molar-refractivity contribution in [1.82, 2.24) is 24.6 Å². The lowest BCUT2D eigenvalue weighted by Crippen LogP contribution is -2.47. The number of para-hydroxylation sites is 1. The molecule has 33 heavy (non-hydrogen) atoms. The predicted octanol–water partition coefficient (Wildman–Crippen LogP) is 2.50. The molecule has 2 aromatic heterocycles. The van der Waals surface area contributed by atoms with Crippen molar-refractivity contribution < 1.29 is 5.11 Å². The number of nitrogens with zero attached hydrogens (tertiary/aromatic N) is 7. The van der Waals surface area contributed by atoms with Crippen LogP contribution in [0.5, 0.6) is 0 Å². The molecule has 0 aliphatic carbocycles. The van der Waals surface area contributed by atoms with Crippen LogP contribution in [0.1, 0.15) is 24.1 Å². The normalized spacial score (nSPS) is 18.1. The molecule has 2 aliphatic heterocycles. The monoisotopic (exact) mass is 447 g/mol. The number of aryl methyl sites for hydroxylation is 1. The fourth-order valence-corrected chi connectivity index (χ4v) is 4.82. The number of hydrogen-bond donors (Lipinski definition) is 1. The smallest absolute Gasteiger partial charge is 0.172 e. The van der Waals surface area contributed by atoms with E-state index in [1.165, 1.54) is 5.56 Å². The van der Waals surface area contributed by atoms with Crippen LogP contribution in [0.3, 0.4) is 0 Å². The molecule has 0 unspecified atom stereocenters. The van der Waals surface area contributed by atoms with Crippen LogP contribution in [0.2, 0.25) is 0 Å². The molecular weight excluding hydrogens is 414 g/mol. The molecule has 3 aromatic rings. The van der Waals surface area contributed by atoms with Crippen LogP contribution in [-0.2, 0) is 6.54 Å². The average Bonchev–Trinajstić information content (AvgIpc) is 3.25. The number of aliphatic hydroxyl groups is 1. The van der Waals surface area contributed by atoms with E-state index in [0.717, 1.165) is 81.7 Å². The van der Waals surface area contributed by atoms with Gasteiger partial charge in [-0.15, -0.1) is 0 Å². The number of aliphatic hydroxyl groups excluding tert-OH is 1. The summed E-state index contributed by atoms with van der Waals surface area (Å²) in [5.41, 5.74) is 3.46. The lowest BCUT2D eigenvalue weighted by Gasteiger charge is -2.38. The van der Waals surface area contributed by atoms with Crippen LogP contribution in [0.15, 0.2) is 48.9 Å². The third kappa shape index (κ3) is 4.86. The molecule has 0 saturated carbocycles. The SMILES string of the molecule is Cc1nn(-c2ccccc2)cc1CN1CCN(c2nccnc2N2CCC(CO)CC2)CC1. The number of anilines is 2. The highest BCUT2D eigenvalue weighted by Gasteiger charge is 2.26. The van der Waals surface area contributed by atoms with Gasteiger partial charge in [-0.1, -0.05) is 18.2 Å². The van der Waals surface area contributed by atoms with Gasteiger partial charge in [-0.2, -0.15) is 5.10 Å². The van der Waals surface area contributed by atoms with Crippen molar-refractivity contribution in [1.29, 1.82) is 0 Å². The van der Waals surface area contributed by atoms with Gasteiger partial charge in [0.2, 0.25) is 0 Å². The van der Waals surface area contributed by atoms with E-state index in [0.29, 0.717) is 5.92 Å². The van der Waals surface area contributed by atoms with Gasteiger partial charge >= 0.3 is 0 Å². The van der Waals surface area contributed by atoms with Gasteiger partial charge in [-0.3, -0.25) is 4.90 Å². The first-order chi connectivity index (χ1) is 16.2. The molecule has 1 aromatic carbocycles. The lowest BCUT2D eigenvalue weighted by molar-refractivity contribution is 0.202. The maximum Gasteiger partial charge on any atom is 0.172 e. The first kappa shape index (κ1) is 21.9. The summed E-state index contributed by atoms with van der Waals surface area (Å²) in [5, 5.41) is 14.2. The Morgan fingerprint density at radius 2 is 1.52 bits per heavy atom. The summed E-state index contributed by atoms with van der Waals surface area (Å²) >= 11 is 0. The number of hydrogen-bond acceptors (Lipinski definition) is 7. The molecule has 2 aliphatic rings. The molecular formula is C25H33N7O. The van der Waals surface area contributed by atoms with Crippen LogP contribution in [0.4, 0.5) is 11.6 Å². The van der Waals surface area contributed by atoms with Gasteiger partial charge in [-0.25, -0.2) is 14.6 Å². The van der Waals surface area contributed by atoms with Crippen molar-refractivity contribution in [2.45, 2.75) is 26.3 Å². The molecule has 8 heteroatoms. The molecule has 5 rings (SSSR count). The Morgan fingerprint density at radius 1 is 0.879 bits per heavy atom. The van der Waals surface area contributed by atoms with Crippen LogP contribution < -0.4 is 9.80 Å². The second-order valence-electron chi connectivity index (χ2n) is 9.10. The second kappa shape index (κ2) is 9.89. The highest BCUT2D eigenvalue weighted by Crippen LogP contribution is 2.29. The fourth-order valence-electron chi connectivity index (χ4n) is 4.82. The Labute approximate surface area is 195 Å². The number of piperazine rings is 1. The minimum absolute atomic E-state index is 0.285. The molecule has 0 radical (unpaired) electrons. The Hall–Kier alpha value is -2.97. The number of rotatable bonds is 6. The molecule has 0 spiro atoms. The van der Waals surface area contributed by atoms with E-state index in [1.807, 2.05) is 22.9 Å². The van der Waals surface area contributed by atoms with E-state index in [2.05, 4.69) is 40.0 Å². The molecule has 2 saturated heterocycles. The summed E-state index contributed by atoms with van der Waals surface area (Å²) in [6.07, 6.45) is 7.77. The predicted molar refractivity (Wildman–Crippen MR) is 130 cm³/mol. The van der Waals surface area contributed by atoms with Gasteiger partial charge in [0.1, 0.15) is 0 Å². The molecule has 4 heterocycles. The van der Waals surface area contributed by atoms with Crippen molar-refractivity contribution >= 4 is 11.6 Å². The first-order valence-electron chi connectivity index (χ1n) is 12.0. The molecule has 0 amide bonds. The highest BCUT2D eigenvalue weighted by atomic mass is 16.3. The molecule has 2 fully saturated rings. The molecule has 0 bridgehead atoms. The second-order valence-corrected chi connectivity index (χ2v) is 9.10. The maximum atomic E-state index is 9.45. The Balaban J connectivity index is 1.22. The van der Waals surface area contributed by atoms with Gasteiger partial charge in [0.05, 0.1) is 11.4 Å². The van der Waals surface area contributed by atoms with Gasteiger partial charge in [0, 0.05) is 76.6 Å². The van der Waals surface area contributed by atoms with Crippen LogP contribution in [-0.4, -0.2) is 75.6 Å². The van der Waals surface area contributed by atoms with Gasteiger partial charge in [0.25, 0.3) is 0 Å². The van der Waals surface area contributed by atoms with Gasteiger partial charge in [0.15, 0.2) is 11.6 Å². The molecule has 174 valence electrons. The zero-order valence-corrected chi connectivity index (χ0v) is 19.3. The Morgan fingerprint density at radius 3 is 2.15 bits per heavy atom. The zero-order valence-electron chi connectivity index (χ0n) is 19.3. The summed E-state index contributed by atoms with van der Waals surface area (Å²) in [6.45, 7) is 8.99. The standard InChI is InChI=1S/C25H33N7O/c1-20-22(18-32(28-20)23-5-3-2-4-6-23)17-29-13-15-31(16-14-29)25-24(26-9-10-27-25)30-11-7-21(19-33)8-12-30/h2-6,9-10,18,21,33H,7-8,11-17,19H2,1H3. The van der Waals surface area contributed by atoms with Crippen LogP contribution in [0.25, 0.3) is 5.69 Å². The van der Waals surface area contributed by atoms with E-state index >= 15 is 0 Å². The van der Waals surface area contributed by atoms with E-state index in [4.69, 9.17) is 15.1 Å². The van der Waals surface area contributed by atoms with Crippen molar-refractivity contribution in [2.24, 2.45) is 5.92 Å². The highest BCUT2D eigenvalue weighted by molar-refractivity contribution is 5.62. The van der Waals surface area contributed by atoms with Crippen molar-refractivity contribution in [3.05, 3.63) is 60.2 Å². The minimum Gasteiger partial charge on any atom is -0.396 e. The summed E-state index contributed by atoms with van der Waals surface area (Å²) < 4.78 is 1.98. The van der Waals surface area contributed by atoms with Crippen molar-refractivity contribution in [2.75, 3.05) is 55.7 Å². The topological polar surface area (TPSA) is 73.6 Å². The number of aromatic nitrogens is 4. The molecule has 1 N–H and O–H groups in total. The Kier molecular flexibility index (Phi) is 6.55. The third-order valence-electron chi connectivity index (χ3n) is 6.92. The van der Waals surface area contributed by atoms with Gasteiger partial charge in [-0.05, 0) is 37.8 Å². The largest absolute Gasteiger partial charge is 0.396 e. The summed E-state index contributed by atoms with van der Waals surface area (Å²) in [6, 6.07) is 10.3. The summed E-state index contributed by atoms with van der Waals surface area (Å²) in [5.74, 6) is 2.40. The van der Waals surface area contributed by atoms with E-state index in [9.17, 15) is 5.11 Å². The fraction of sp³-hybridized carbons (Fsp3) is 0.480. The average molecular weight is 448 g/mol. The van der Waals surface area contributed by atoms with Gasteiger partial charge < -0.3 is 14.9 Å². The maximum absolute atomic E-state index is 9.45. The van der Waals surface area contributed by atoms with E-state index < -0.39 is 0 Å². The number of piperidine rings is 1. The quantitative estimate of drug-likeness (QED) is 0.622. The van der Waals surface area contributed by atoms with Crippen molar-refractivity contribution in [3.63, 3.8) is 0 Å². The number of benzene rings is 1.